The molecule has 0 saturated carbocycles. The predicted molar refractivity (Wildman–Crippen MR) is 67.0 cm³/mol. The van der Waals surface area contributed by atoms with Crippen molar-refractivity contribution in [2.75, 3.05) is 26.3 Å². The number of nitrogens with zero attached hydrogens (tertiary/aromatic N) is 2. The average Bonchev–Trinajstić information content (AvgIpc) is 2.73. The van der Waals surface area contributed by atoms with Gasteiger partial charge in [-0.1, -0.05) is 6.92 Å². The predicted octanol–water partition coefficient (Wildman–Crippen LogP) is 1.66. The van der Waals surface area contributed by atoms with E-state index in [4.69, 9.17) is 4.74 Å². The van der Waals surface area contributed by atoms with Crippen LogP contribution >= 0.6 is 11.3 Å². The second-order valence-electron chi connectivity index (χ2n) is 3.54. The van der Waals surface area contributed by atoms with Gasteiger partial charge in [0.2, 0.25) is 0 Å². The van der Waals surface area contributed by atoms with E-state index in [1.807, 2.05) is 6.92 Å². The lowest BCUT2D eigenvalue weighted by Gasteiger charge is -1.98. The molecule has 1 rings (SSSR count). The van der Waals surface area contributed by atoms with Gasteiger partial charge >= 0.3 is 0 Å². The van der Waals surface area contributed by atoms with Crippen molar-refractivity contribution in [3.63, 3.8) is 0 Å². The van der Waals surface area contributed by atoms with E-state index >= 15 is 0 Å². The molecule has 0 fully saturated rings. The van der Waals surface area contributed by atoms with Crippen LogP contribution in [0.4, 0.5) is 0 Å². The van der Waals surface area contributed by atoms with Gasteiger partial charge in [0, 0.05) is 26.0 Å². The Hall–Kier alpha value is -0.520. The summed E-state index contributed by atoms with van der Waals surface area (Å²) in [5.74, 6) is 0. The second-order valence-corrected chi connectivity index (χ2v) is 4.68. The van der Waals surface area contributed by atoms with Gasteiger partial charge in [-0.3, -0.25) is 0 Å². The maximum atomic E-state index is 5.29. The highest BCUT2D eigenvalue weighted by molar-refractivity contribution is 7.11. The topological polar surface area (TPSA) is 47.0 Å². The Morgan fingerprint density at radius 2 is 1.88 bits per heavy atom. The van der Waals surface area contributed by atoms with Crippen LogP contribution in [0.3, 0.4) is 0 Å². The molecule has 0 amide bonds. The van der Waals surface area contributed by atoms with Crippen molar-refractivity contribution in [1.82, 2.24) is 15.5 Å². The van der Waals surface area contributed by atoms with Crippen molar-refractivity contribution in [2.24, 2.45) is 0 Å². The monoisotopic (exact) mass is 243 g/mol. The van der Waals surface area contributed by atoms with Crippen molar-refractivity contribution in [1.29, 1.82) is 0 Å². The molecule has 1 N–H and O–H groups in total. The lowest BCUT2D eigenvalue weighted by atomic mass is 10.4. The third-order valence-corrected chi connectivity index (χ3v) is 3.16. The first kappa shape index (κ1) is 13.5. The summed E-state index contributed by atoms with van der Waals surface area (Å²) < 4.78 is 5.29. The van der Waals surface area contributed by atoms with Crippen LogP contribution in [-0.2, 0) is 17.6 Å². The highest BCUT2D eigenvalue weighted by Crippen LogP contribution is 2.10. The Morgan fingerprint density at radius 3 is 2.56 bits per heavy atom. The quantitative estimate of drug-likeness (QED) is 0.670. The molecule has 0 saturated heterocycles. The first-order valence-electron chi connectivity index (χ1n) is 5.96. The SMILES string of the molecule is CCCNCCc1nnc(CCOCC)s1. The first-order chi connectivity index (χ1) is 7.86. The smallest absolute Gasteiger partial charge is 0.119 e. The molecule has 0 aliphatic carbocycles. The van der Waals surface area contributed by atoms with Crippen LogP contribution in [0.15, 0.2) is 0 Å². The van der Waals surface area contributed by atoms with Crippen molar-refractivity contribution < 1.29 is 4.74 Å². The van der Waals surface area contributed by atoms with E-state index in [1.165, 1.54) is 6.42 Å². The Labute approximate surface area is 101 Å². The number of rotatable bonds is 9. The fraction of sp³-hybridized carbons (Fsp3) is 0.818. The van der Waals surface area contributed by atoms with Gasteiger partial charge < -0.3 is 10.1 Å². The van der Waals surface area contributed by atoms with Gasteiger partial charge in [-0.2, -0.15) is 0 Å². The number of nitrogens with one attached hydrogen (secondary N) is 1. The molecule has 0 aromatic carbocycles. The van der Waals surface area contributed by atoms with Gasteiger partial charge in [0.05, 0.1) is 6.61 Å². The molecule has 0 atom stereocenters. The molecule has 1 heterocycles. The summed E-state index contributed by atoms with van der Waals surface area (Å²) in [6.07, 6.45) is 3.04. The van der Waals surface area contributed by atoms with Crippen molar-refractivity contribution in [2.45, 2.75) is 33.1 Å². The van der Waals surface area contributed by atoms with Gasteiger partial charge in [0.1, 0.15) is 10.0 Å². The molecule has 1 aromatic heterocycles. The van der Waals surface area contributed by atoms with E-state index in [1.54, 1.807) is 11.3 Å². The van der Waals surface area contributed by atoms with Crippen molar-refractivity contribution in [3.05, 3.63) is 10.0 Å². The number of aromatic nitrogens is 2. The summed E-state index contributed by atoms with van der Waals surface area (Å²) in [5, 5.41) is 13.9. The number of hydrogen-bond donors (Lipinski definition) is 1. The summed E-state index contributed by atoms with van der Waals surface area (Å²) in [4.78, 5) is 0. The van der Waals surface area contributed by atoms with Crippen LogP contribution in [0.25, 0.3) is 0 Å². The van der Waals surface area contributed by atoms with Gasteiger partial charge in [-0.15, -0.1) is 21.5 Å². The lowest BCUT2D eigenvalue weighted by Crippen LogP contribution is -2.17. The molecule has 0 spiro atoms. The first-order valence-corrected chi connectivity index (χ1v) is 6.78. The minimum Gasteiger partial charge on any atom is -0.381 e. The molecule has 0 aliphatic heterocycles. The maximum absolute atomic E-state index is 5.29. The summed E-state index contributed by atoms with van der Waals surface area (Å²) in [7, 11) is 0. The molecule has 16 heavy (non-hydrogen) atoms. The minimum atomic E-state index is 0.749. The van der Waals surface area contributed by atoms with Crippen LogP contribution in [0.1, 0.15) is 30.3 Å². The third-order valence-electron chi connectivity index (χ3n) is 2.12. The Morgan fingerprint density at radius 1 is 1.12 bits per heavy atom. The maximum Gasteiger partial charge on any atom is 0.119 e. The lowest BCUT2D eigenvalue weighted by molar-refractivity contribution is 0.150. The van der Waals surface area contributed by atoms with Gasteiger partial charge in [-0.05, 0) is 19.9 Å². The van der Waals surface area contributed by atoms with E-state index in [-0.39, 0.29) is 0 Å². The summed E-state index contributed by atoms with van der Waals surface area (Å²) >= 11 is 1.70. The fourth-order valence-electron chi connectivity index (χ4n) is 1.29. The van der Waals surface area contributed by atoms with Crippen molar-refractivity contribution >= 4 is 11.3 Å². The molecule has 0 bridgehead atoms. The molecule has 0 unspecified atom stereocenters. The highest BCUT2D eigenvalue weighted by Gasteiger charge is 2.03. The molecule has 0 aliphatic rings. The van der Waals surface area contributed by atoms with Crippen LogP contribution in [0, 0.1) is 0 Å². The van der Waals surface area contributed by atoms with Crippen LogP contribution < -0.4 is 5.32 Å². The zero-order chi connectivity index (χ0) is 11.6. The molecule has 1 aromatic rings. The Kier molecular flexibility index (Phi) is 7.29. The Bertz CT molecular complexity index is 278. The summed E-state index contributed by atoms with van der Waals surface area (Å²) in [6.45, 7) is 7.77. The average molecular weight is 243 g/mol. The molecule has 5 heteroatoms. The Balaban J connectivity index is 2.17. The zero-order valence-electron chi connectivity index (χ0n) is 10.2. The minimum absolute atomic E-state index is 0.749. The van der Waals surface area contributed by atoms with Crippen LogP contribution in [0.2, 0.25) is 0 Å². The molecule has 92 valence electrons. The van der Waals surface area contributed by atoms with E-state index in [0.717, 1.165) is 49.2 Å². The van der Waals surface area contributed by atoms with E-state index < -0.39 is 0 Å². The standard InChI is InChI=1S/C11H21N3OS/c1-3-7-12-8-5-10-13-14-11(16-10)6-9-15-4-2/h12H,3-9H2,1-2H3. The number of hydrogen-bond acceptors (Lipinski definition) is 5. The van der Waals surface area contributed by atoms with E-state index in [0.29, 0.717) is 0 Å². The van der Waals surface area contributed by atoms with Gasteiger partial charge in [-0.25, -0.2) is 0 Å². The van der Waals surface area contributed by atoms with Crippen LogP contribution in [-0.4, -0.2) is 36.5 Å². The number of ether oxygens (including phenoxy) is 1. The summed E-state index contributed by atoms with van der Waals surface area (Å²) in [6, 6.07) is 0. The van der Waals surface area contributed by atoms with Crippen LogP contribution in [0.5, 0.6) is 0 Å². The van der Waals surface area contributed by atoms with Gasteiger partial charge in [0.25, 0.3) is 0 Å². The third kappa shape index (κ3) is 5.53. The summed E-state index contributed by atoms with van der Waals surface area (Å²) in [5.41, 5.74) is 0. The highest BCUT2D eigenvalue weighted by atomic mass is 32.1. The normalized spacial score (nSPS) is 10.9. The van der Waals surface area contributed by atoms with Crippen molar-refractivity contribution in [3.8, 4) is 0 Å². The zero-order valence-corrected chi connectivity index (χ0v) is 11.0. The molecular formula is C11H21N3OS. The van der Waals surface area contributed by atoms with E-state index in [2.05, 4.69) is 22.4 Å². The molecular weight excluding hydrogens is 222 g/mol. The van der Waals surface area contributed by atoms with E-state index in [9.17, 15) is 0 Å². The molecule has 0 radical (unpaired) electrons. The second kappa shape index (κ2) is 8.61. The fourth-order valence-corrected chi connectivity index (χ4v) is 2.12. The molecule has 4 nitrogen and oxygen atoms in total. The largest absolute Gasteiger partial charge is 0.381 e. The van der Waals surface area contributed by atoms with Gasteiger partial charge in [0.15, 0.2) is 0 Å².